The Bertz CT molecular complexity index is 1470. The van der Waals surface area contributed by atoms with Crippen LogP contribution in [0.4, 0.5) is 21.5 Å². The van der Waals surface area contributed by atoms with Crippen LogP contribution < -0.4 is 10.6 Å². The van der Waals surface area contributed by atoms with Gasteiger partial charge in [-0.3, -0.25) is 9.59 Å². The molecule has 39 heavy (non-hydrogen) atoms. The number of halogens is 1. The average Bonchev–Trinajstić information content (AvgIpc) is 2.91. The van der Waals surface area contributed by atoms with Crippen molar-refractivity contribution in [3.05, 3.63) is 77.6 Å². The number of aliphatic imine (C=N–C) groups is 1. The van der Waals surface area contributed by atoms with Gasteiger partial charge in [0.05, 0.1) is 28.6 Å². The molecule has 3 rings (SSSR count). The first-order valence-electron chi connectivity index (χ1n) is 12.2. The van der Waals surface area contributed by atoms with Gasteiger partial charge in [-0.25, -0.2) is 17.8 Å². The van der Waals surface area contributed by atoms with Crippen molar-refractivity contribution in [3.63, 3.8) is 0 Å². The van der Waals surface area contributed by atoms with E-state index in [4.69, 9.17) is 4.74 Å². The highest BCUT2D eigenvalue weighted by molar-refractivity contribution is 7.92. The summed E-state index contributed by atoms with van der Waals surface area (Å²) < 4.78 is 45.7. The number of unbranched alkanes of at least 4 members (excludes halogenated alkanes) is 1. The van der Waals surface area contributed by atoms with E-state index < -0.39 is 44.2 Å². The molecule has 0 saturated heterocycles. The normalized spacial score (nSPS) is 12.2. The summed E-state index contributed by atoms with van der Waals surface area (Å²) >= 11 is 0. The van der Waals surface area contributed by atoms with Crippen LogP contribution in [0.2, 0.25) is 0 Å². The van der Waals surface area contributed by atoms with E-state index in [2.05, 4.69) is 15.6 Å². The molecule has 1 atom stereocenters. The lowest BCUT2D eigenvalue weighted by molar-refractivity contribution is -0.115. The van der Waals surface area contributed by atoms with Gasteiger partial charge in [0.2, 0.25) is 5.91 Å². The minimum atomic E-state index is -4.04. The van der Waals surface area contributed by atoms with Crippen LogP contribution in [0, 0.1) is 12.7 Å². The Hall–Kier alpha value is -4.25. The maximum Gasteiger partial charge on any atom is 0.255 e. The number of hydrogen-bond acceptors (Lipinski definition) is 7. The fraction of sp³-hybridized carbons (Fsp3) is 0.250. The molecule has 0 aromatic heterocycles. The fourth-order valence-electron chi connectivity index (χ4n) is 3.37. The van der Waals surface area contributed by atoms with Crippen LogP contribution in [0.5, 0.6) is 5.75 Å². The minimum absolute atomic E-state index is 0.0455. The van der Waals surface area contributed by atoms with E-state index in [1.165, 1.54) is 37.6 Å². The second-order valence-electron chi connectivity index (χ2n) is 8.80. The Morgan fingerprint density at radius 2 is 1.79 bits per heavy atom. The smallest absolute Gasteiger partial charge is 0.255 e. The summed E-state index contributed by atoms with van der Waals surface area (Å²) in [6.45, 7) is 5.55. The molecule has 3 aromatic rings. The zero-order valence-electron chi connectivity index (χ0n) is 21.8. The number of hydrogen-bond donors (Lipinski definition) is 3. The Kier molecular flexibility index (Phi) is 9.78. The molecule has 0 aliphatic carbocycles. The van der Waals surface area contributed by atoms with E-state index in [0.29, 0.717) is 12.3 Å². The Morgan fingerprint density at radius 3 is 2.49 bits per heavy atom. The highest BCUT2D eigenvalue weighted by Gasteiger charge is 2.30. The molecule has 3 aromatic carbocycles. The molecule has 0 spiro atoms. The Balaban J connectivity index is 1.70. The van der Waals surface area contributed by atoms with Crippen LogP contribution in [0.25, 0.3) is 0 Å². The first-order valence-corrected chi connectivity index (χ1v) is 13.8. The molecule has 2 amide bonds. The van der Waals surface area contributed by atoms with Gasteiger partial charge in [0, 0.05) is 17.7 Å². The maximum atomic E-state index is 14.8. The van der Waals surface area contributed by atoms with E-state index >= 15 is 0 Å². The van der Waals surface area contributed by atoms with Crippen molar-refractivity contribution in [2.45, 2.75) is 43.8 Å². The minimum Gasteiger partial charge on any atom is -0.506 e. The van der Waals surface area contributed by atoms with Gasteiger partial charge in [-0.2, -0.15) is 0 Å². The fourth-order valence-corrected chi connectivity index (χ4v) is 4.63. The number of nitrogens with one attached hydrogen (secondary N) is 2. The van der Waals surface area contributed by atoms with Crippen molar-refractivity contribution in [1.29, 1.82) is 0 Å². The van der Waals surface area contributed by atoms with Crippen molar-refractivity contribution in [3.8, 4) is 5.75 Å². The van der Waals surface area contributed by atoms with E-state index in [1.54, 1.807) is 31.2 Å². The first kappa shape index (κ1) is 29.3. The molecular formula is C28H30FN3O6S. The number of phenols is 1. The number of nitrogens with zero attached hydrogens (tertiary/aromatic N) is 1. The van der Waals surface area contributed by atoms with Crippen molar-refractivity contribution >= 4 is 45.1 Å². The van der Waals surface area contributed by atoms with E-state index in [-0.39, 0.29) is 16.1 Å². The third-order valence-electron chi connectivity index (χ3n) is 5.78. The number of rotatable bonds is 11. The summed E-state index contributed by atoms with van der Waals surface area (Å²) in [6.07, 6.45) is 3.18. The van der Waals surface area contributed by atoms with Gasteiger partial charge in [0.15, 0.2) is 16.2 Å². The predicted molar refractivity (Wildman–Crippen MR) is 148 cm³/mol. The van der Waals surface area contributed by atoms with Crippen molar-refractivity contribution < 1.29 is 32.2 Å². The molecule has 3 N–H and O–H groups in total. The summed E-state index contributed by atoms with van der Waals surface area (Å²) in [5.74, 6) is -3.14. The number of aryl methyl sites for hydroxylation is 1. The third kappa shape index (κ3) is 7.64. The molecule has 0 aliphatic heterocycles. The van der Waals surface area contributed by atoms with Gasteiger partial charge in [-0.1, -0.05) is 37.1 Å². The largest absolute Gasteiger partial charge is 0.506 e. The van der Waals surface area contributed by atoms with E-state index in [1.807, 2.05) is 6.92 Å². The molecule has 0 fully saturated rings. The summed E-state index contributed by atoms with van der Waals surface area (Å²) in [5, 5.41) is 13.5. The van der Waals surface area contributed by atoms with Crippen LogP contribution in [0.15, 0.2) is 70.6 Å². The Labute approximate surface area is 226 Å². The van der Waals surface area contributed by atoms with Gasteiger partial charge in [-0.15, -0.1) is 0 Å². The number of phenolic OH excluding ortho intramolecular Hbond substituents is 1. The van der Waals surface area contributed by atoms with E-state index in [0.717, 1.165) is 30.5 Å². The second-order valence-corrected chi connectivity index (χ2v) is 11.1. The van der Waals surface area contributed by atoms with Crippen LogP contribution in [-0.4, -0.2) is 43.6 Å². The van der Waals surface area contributed by atoms with Crippen molar-refractivity contribution in [2.24, 2.45) is 4.99 Å². The number of ether oxygens (including phenoxy) is 1. The average molecular weight is 556 g/mol. The van der Waals surface area contributed by atoms with Crippen molar-refractivity contribution in [1.82, 2.24) is 0 Å². The number of amides is 2. The monoisotopic (exact) mass is 555 g/mol. The van der Waals surface area contributed by atoms with Crippen molar-refractivity contribution in [2.75, 3.05) is 17.2 Å². The topological polar surface area (TPSA) is 134 Å². The molecule has 0 bridgehead atoms. The molecule has 11 heteroatoms. The molecule has 206 valence electrons. The zero-order chi connectivity index (χ0) is 28.6. The lowest BCUT2D eigenvalue weighted by Crippen LogP contribution is -2.33. The number of carbonyl (C=O) groups excluding carboxylic acids is 2. The quantitative estimate of drug-likeness (QED) is 0.126. The highest BCUT2D eigenvalue weighted by atomic mass is 32.2. The number of carbonyl (C=O) groups is 2. The molecular weight excluding hydrogens is 525 g/mol. The molecule has 9 nitrogen and oxygen atoms in total. The first-order chi connectivity index (χ1) is 18.5. The number of sulfone groups is 1. The Morgan fingerprint density at radius 1 is 1.08 bits per heavy atom. The molecule has 1 unspecified atom stereocenters. The standard InChI is InChI=1S/C28H30FN3O6S/c1-4-5-13-38-17-30-21-8-6-7-20(14-21)28(35)32-25-15-23(29)24(16-26(25)33)31-27(34)19(3)39(36,37)22-11-9-18(2)10-12-22/h6-12,14-17,19,33H,4-5,13H2,1-3H3,(H,31,34)(H,32,35). The van der Waals surface area contributed by atoms with Gasteiger partial charge in [0.25, 0.3) is 5.91 Å². The summed E-state index contributed by atoms with van der Waals surface area (Å²) in [7, 11) is -4.04. The zero-order valence-corrected chi connectivity index (χ0v) is 22.6. The van der Waals surface area contributed by atoms with E-state index in [9.17, 15) is 27.5 Å². The van der Waals surface area contributed by atoms with Gasteiger partial charge in [0.1, 0.15) is 16.8 Å². The summed E-state index contributed by atoms with van der Waals surface area (Å²) in [4.78, 5) is 29.4. The number of aromatic hydroxyl groups is 1. The third-order valence-corrected chi connectivity index (χ3v) is 7.85. The maximum absolute atomic E-state index is 14.8. The van der Waals surface area contributed by atoms with Gasteiger partial charge < -0.3 is 20.5 Å². The summed E-state index contributed by atoms with van der Waals surface area (Å²) in [5.41, 5.74) is 0.825. The molecule has 0 radical (unpaired) electrons. The number of anilines is 2. The number of benzene rings is 3. The van der Waals surface area contributed by atoms with Crippen LogP contribution >= 0.6 is 0 Å². The van der Waals surface area contributed by atoms with Gasteiger partial charge >= 0.3 is 0 Å². The van der Waals surface area contributed by atoms with Crippen LogP contribution in [-0.2, 0) is 19.4 Å². The SMILES string of the molecule is CCCCOC=Nc1cccc(C(=O)Nc2cc(F)c(NC(=O)C(C)S(=O)(=O)c3ccc(C)cc3)cc2O)c1. The highest BCUT2D eigenvalue weighted by Crippen LogP contribution is 2.31. The van der Waals surface area contributed by atoms with Crippen LogP contribution in [0.3, 0.4) is 0 Å². The molecule has 0 saturated carbocycles. The molecule has 0 heterocycles. The molecule has 0 aliphatic rings. The van der Waals surface area contributed by atoms with Gasteiger partial charge in [-0.05, 0) is 50.6 Å². The predicted octanol–water partition coefficient (Wildman–Crippen LogP) is 5.37. The van der Waals surface area contributed by atoms with Crippen LogP contribution in [0.1, 0.15) is 42.6 Å². The summed E-state index contributed by atoms with van der Waals surface area (Å²) in [6, 6.07) is 14.0. The lowest BCUT2D eigenvalue weighted by atomic mass is 10.1. The lowest BCUT2D eigenvalue weighted by Gasteiger charge is -2.15. The second kappa shape index (κ2) is 13.0.